The van der Waals surface area contributed by atoms with Crippen LogP contribution in [0.2, 0.25) is 0 Å². The van der Waals surface area contributed by atoms with E-state index in [0.717, 1.165) is 24.4 Å². The molecule has 1 aliphatic heterocycles. The fourth-order valence-corrected chi connectivity index (χ4v) is 4.23. The molecule has 9 heteroatoms. The minimum Gasteiger partial charge on any atom is -0.464 e. The van der Waals surface area contributed by atoms with Gasteiger partial charge in [0.05, 0.1) is 31.4 Å². The first-order valence-electron chi connectivity index (χ1n) is 12.7. The summed E-state index contributed by atoms with van der Waals surface area (Å²) in [5, 5.41) is 11.9. The summed E-state index contributed by atoms with van der Waals surface area (Å²) in [6, 6.07) is 21.9. The largest absolute Gasteiger partial charge is 0.464 e. The molecule has 1 aromatic heterocycles. The molecular formula is C29H33N5O4. The third-order valence-electron chi connectivity index (χ3n) is 6.38. The molecule has 0 unspecified atom stereocenters. The number of nitrogens with zero attached hydrogens (tertiary/aromatic N) is 4. The van der Waals surface area contributed by atoms with Crippen molar-refractivity contribution < 1.29 is 18.7 Å². The van der Waals surface area contributed by atoms with Crippen molar-refractivity contribution >= 4 is 17.6 Å². The summed E-state index contributed by atoms with van der Waals surface area (Å²) in [6.45, 7) is 6.39. The maximum absolute atomic E-state index is 13.7. The van der Waals surface area contributed by atoms with E-state index >= 15 is 0 Å². The van der Waals surface area contributed by atoms with Gasteiger partial charge in [0.25, 0.3) is 0 Å². The average molecular weight is 516 g/mol. The lowest BCUT2D eigenvalue weighted by Crippen LogP contribution is -2.48. The number of anilines is 1. The molecule has 38 heavy (non-hydrogen) atoms. The average Bonchev–Trinajstić information content (AvgIpc) is 3.36. The lowest BCUT2D eigenvalue weighted by atomic mass is 10.2. The van der Waals surface area contributed by atoms with Crippen LogP contribution >= 0.6 is 0 Å². The molecule has 0 radical (unpaired) electrons. The lowest BCUT2D eigenvalue weighted by Gasteiger charge is -2.31. The van der Waals surface area contributed by atoms with Crippen molar-refractivity contribution in [3.63, 3.8) is 0 Å². The molecule has 1 N–H and O–H groups in total. The van der Waals surface area contributed by atoms with Crippen LogP contribution in [-0.2, 0) is 22.6 Å². The molecule has 0 spiro atoms. The number of carbonyl (C=O) groups excluding carboxylic acids is 2. The van der Waals surface area contributed by atoms with Gasteiger partial charge in [0.2, 0.25) is 5.91 Å². The molecule has 2 aromatic carbocycles. The Hall–Kier alpha value is -4.13. The van der Waals surface area contributed by atoms with E-state index in [2.05, 4.69) is 16.3 Å². The number of urea groups is 1. The molecule has 1 saturated heterocycles. The normalized spacial score (nSPS) is 13.5. The van der Waals surface area contributed by atoms with Gasteiger partial charge in [0, 0.05) is 38.4 Å². The highest BCUT2D eigenvalue weighted by Crippen LogP contribution is 2.15. The highest BCUT2D eigenvalue weighted by molar-refractivity contribution is 5.92. The van der Waals surface area contributed by atoms with Crippen molar-refractivity contribution in [2.45, 2.75) is 20.0 Å². The maximum Gasteiger partial charge on any atom is 0.322 e. The number of benzene rings is 2. The van der Waals surface area contributed by atoms with Gasteiger partial charge in [-0.2, -0.15) is 5.26 Å². The van der Waals surface area contributed by atoms with Crippen LogP contribution in [0.15, 0.2) is 71.1 Å². The van der Waals surface area contributed by atoms with Gasteiger partial charge in [0.1, 0.15) is 18.1 Å². The van der Waals surface area contributed by atoms with E-state index in [1.807, 2.05) is 49.4 Å². The van der Waals surface area contributed by atoms with Crippen molar-refractivity contribution in [2.24, 2.45) is 0 Å². The molecule has 2 heterocycles. The molecule has 1 fully saturated rings. The number of morpholine rings is 1. The number of carbonyl (C=O) groups is 2. The van der Waals surface area contributed by atoms with E-state index in [1.165, 1.54) is 0 Å². The fourth-order valence-electron chi connectivity index (χ4n) is 4.23. The number of ether oxygens (including phenoxy) is 1. The minimum atomic E-state index is -0.371. The van der Waals surface area contributed by atoms with Gasteiger partial charge in [-0.25, -0.2) is 4.79 Å². The van der Waals surface area contributed by atoms with E-state index in [4.69, 9.17) is 14.4 Å². The van der Waals surface area contributed by atoms with E-state index in [9.17, 15) is 9.59 Å². The van der Waals surface area contributed by atoms with Crippen molar-refractivity contribution in [1.82, 2.24) is 14.7 Å². The second-order valence-electron chi connectivity index (χ2n) is 9.24. The van der Waals surface area contributed by atoms with Crippen LogP contribution in [0.5, 0.6) is 0 Å². The Morgan fingerprint density at radius 2 is 1.71 bits per heavy atom. The number of hydrogen-bond donors (Lipinski definition) is 1. The van der Waals surface area contributed by atoms with Gasteiger partial charge in [-0.05, 0) is 48.9 Å². The monoisotopic (exact) mass is 515 g/mol. The van der Waals surface area contributed by atoms with E-state index in [-0.39, 0.29) is 18.5 Å². The van der Waals surface area contributed by atoms with Crippen LogP contribution in [0.1, 0.15) is 22.6 Å². The minimum absolute atomic E-state index is 0.0843. The van der Waals surface area contributed by atoms with Crippen LogP contribution < -0.4 is 5.32 Å². The number of hydrogen-bond acceptors (Lipinski definition) is 6. The van der Waals surface area contributed by atoms with Crippen molar-refractivity contribution in [3.8, 4) is 6.07 Å². The van der Waals surface area contributed by atoms with E-state index in [0.29, 0.717) is 56.4 Å². The number of nitrogens with one attached hydrogen (secondary N) is 1. The number of amides is 3. The van der Waals surface area contributed by atoms with Gasteiger partial charge in [-0.15, -0.1) is 0 Å². The van der Waals surface area contributed by atoms with Gasteiger partial charge >= 0.3 is 6.03 Å². The first-order chi connectivity index (χ1) is 18.5. The zero-order valence-electron chi connectivity index (χ0n) is 21.6. The summed E-state index contributed by atoms with van der Waals surface area (Å²) in [7, 11) is 0. The SMILES string of the molecule is Cc1ccc(CN(Cc2ccccc2)C(=O)CN(CCN2CCOCC2)C(=O)Nc2ccc(C#N)cc2)o1. The van der Waals surface area contributed by atoms with Crippen molar-refractivity contribution in [3.05, 3.63) is 89.4 Å². The lowest BCUT2D eigenvalue weighted by molar-refractivity contribution is -0.133. The van der Waals surface area contributed by atoms with E-state index in [1.54, 1.807) is 34.1 Å². The molecule has 0 atom stereocenters. The van der Waals surface area contributed by atoms with Gasteiger partial charge in [-0.1, -0.05) is 30.3 Å². The van der Waals surface area contributed by atoms with Crippen LogP contribution in [-0.4, -0.2) is 72.6 Å². The maximum atomic E-state index is 13.7. The highest BCUT2D eigenvalue weighted by Gasteiger charge is 2.24. The van der Waals surface area contributed by atoms with Crippen LogP contribution in [0.3, 0.4) is 0 Å². The van der Waals surface area contributed by atoms with Crippen molar-refractivity contribution in [2.75, 3.05) is 51.3 Å². The zero-order valence-corrected chi connectivity index (χ0v) is 21.6. The third-order valence-corrected chi connectivity index (χ3v) is 6.38. The Morgan fingerprint density at radius 3 is 2.37 bits per heavy atom. The second kappa shape index (κ2) is 13.4. The molecule has 198 valence electrons. The van der Waals surface area contributed by atoms with Crippen LogP contribution in [0.4, 0.5) is 10.5 Å². The molecule has 4 rings (SSSR count). The molecule has 3 amide bonds. The fraction of sp³-hybridized carbons (Fsp3) is 0.345. The summed E-state index contributed by atoms with van der Waals surface area (Å²) in [4.78, 5) is 32.5. The topological polar surface area (TPSA) is 102 Å². The molecular weight excluding hydrogens is 482 g/mol. The molecule has 0 saturated carbocycles. The van der Waals surface area contributed by atoms with Crippen LogP contribution in [0.25, 0.3) is 0 Å². The standard InChI is InChI=1S/C29H33N5O4/c1-23-7-12-27(38-23)21-34(20-25-5-3-2-4-6-25)28(35)22-33(14-13-32-15-17-37-18-16-32)29(36)31-26-10-8-24(19-30)9-11-26/h2-12H,13-18,20-22H2,1H3,(H,31,36). The van der Waals surface area contributed by atoms with Gasteiger partial charge in [0.15, 0.2) is 0 Å². The third kappa shape index (κ3) is 7.93. The Labute approximate surface area is 223 Å². The molecule has 1 aliphatic rings. The van der Waals surface area contributed by atoms with E-state index < -0.39 is 0 Å². The summed E-state index contributed by atoms with van der Waals surface area (Å²) in [5.74, 6) is 1.29. The second-order valence-corrected chi connectivity index (χ2v) is 9.24. The molecule has 0 aliphatic carbocycles. The first kappa shape index (κ1) is 26.9. The number of nitriles is 1. The smallest absolute Gasteiger partial charge is 0.322 e. The molecule has 3 aromatic rings. The predicted octanol–water partition coefficient (Wildman–Crippen LogP) is 3.85. The summed E-state index contributed by atoms with van der Waals surface area (Å²) in [5.41, 5.74) is 2.06. The van der Waals surface area contributed by atoms with Gasteiger partial charge in [-0.3, -0.25) is 9.69 Å². The molecule has 0 bridgehead atoms. The zero-order chi connectivity index (χ0) is 26.7. The highest BCUT2D eigenvalue weighted by atomic mass is 16.5. The Balaban J connectivity index is 1.49. The Kier molecular flexibility index (Phi) is 9.51. The quantitative estimate of drug-likeness (QED) is 0.440. The molecule has 9 nitrogen and oxygen atoms in total. The number of rotatable bonds is 10. The number of furan rings is 1. The Morgan fingerprint density at radius 1 is 0.974 bits per heavy atom. The summed E-state index contributed by atoms with van der Waals surface area (Å²) >= 11 is 0. The first-order valence-corrected chi connectivity index (χ1v) is 12.7. The summed E-state index contributed by atoms with van der Waals surface area (Å²) < 4.78 is 11.2. The number of aryl methyl sites for hydroxylation is 1. The predicted molar refractivity (Wildman–Crippen MR) is 143 cm³/mol. The van der Waals surface area contributed by atoms with Crippen molar-refractivity contribution in [1.29, 1.82) is 5.26 Å². The van der Waals surface area contributed by atoms with Gasteiger partial charge < -0.3 is 24.3 Å². The Bertz CT molecular complexity index is 1230. The van der Waals surface area contributed by atoms with Crippen LogP contribution in [0, 0.1) is 18.3 Å². The summed E-state index contributed by atoms with van der Waals surface area (Å²) in [6.07, 6.45) is 0.